The largest absolute Gasteiger partial charge is 0.334 e. The third-order valence-electron chi connectivity index (χ3n) is 5.68. The molecule has 3 aromatic carbocycles. The molecule has 0 amide bonds. The normalized spacial score (nSPS) is 12.6. The molecular weight excluding hydrogens is 454 g/mol. The van der Waals surface area contributed by atoms with Gasteiger partial charge in [0.1, 0.15) is 0 Å². The maximum absolute atomic E-state index is 7.82. The van der Waals surface area contributed by atoms with Gasteiger partial charge < -0.3 is 19.6 Å². The fourth-order valence-corrected chi connectivity index (χ4v) is 4.62. The van der Waals surface area contributed by atoms with Crippen molar-refractivity contribution in [3.05, 3.63) is 71.8 Å². The van der Waals surface area contributed by atoms with Gasteiger partial charge in [-0.3, -0.25) is 0 Å². The van der Waals surface area contributed by atoms with Crippen LogP contribution in [0.5, 0.6) is 0 Å². The summed E-state index contributed by atoms with van der Waals surface area (Å²) in [4.78, 5) is 31.3. The Bertz CT molecular complexity index is 1120. The molecule has 0 radical (unpaired) electrons. The van der Waals surface area contributed by atoms with E-state index in [4.69, 9.17) is 19.6 Å². The first kappa shape index (κ1) is 25.9. The summed E-state index contributed by atoms with van der Waals surface area (Å²) in [5.41, 5.74) is 11.4. The third kappa shape index (κ3) is 5.88. The van der Waals surface area contributed by atoms with Crippen molar-refractivity contribution in [2.24, 2.45) is 0 Å². The summed E-state index contributed by atoms with van der Waals surface area (Å²) in [6, 6.07) is 22.6. The first-order chi connectivity index (χ1) is 15.3. The van der Waals surface area contributed by atoms with Crippen LogP contribution >= 0.6 is 17.2 Å². The average molecular weight is 486 g/mol. The van der Waals surface area contributed by atoms with Crippen molar-refractivity contribution < 1.29 is 23.9 Å². The van der Waals surface area contributed by atoms with Gasteiger partial charge in [-0.2, -0.15) is 0 Å². The van der Waals surface area contributed by atoms with Crippen LogP contribution in [0, 0.1) is 0 Å². The number of benzene rings is 3. The highest BCUT2D eigenvalue weighted by atomic mass is 31.2. The van der Waals surface area contributed by atoms with Gasteiger partial charge in [-0.25, -0.2) is 4.31 Å². The Morgan fingerprint density at radius 3 is 1.58 bits per heavy atom. The summed E-state index contributed by atoms with van der Waals surface area (Å²) < 4.78 is 3.60. The van der Waals surface area contributed by atoms with Crippen LogP contribution in [-0.2, 0) is 15.1 Å². The Hall–Kier alpha value is -1.68. The molecule has 0 aliphatic heterocycles. The lowest BCUT2D eigenvalue weighted by molar-refractivity contribution is 0.324. The molecule has 0 saturated carbocycles. The summed E-state index contributed by atoms with van der Waals surface area (Å²) in [6.45, 7) is 13.8. The number of rotatable bonds is 3. The Labute approximate surface area is 198 Å². The summed E-state index contributed by atoms with van der Waals surface area (Å²) >= 11 is 0. The molecule has 1 aliphatic carbocycles. The zero-order valence-corrected chi connectivity index (χ0v) is 21.7. The minimum absolute atomic E-state index is 0.0998. The lowest BCUT2D eigenvalue weighted by Gasteiger charge is -2.31. The Morgan fingerprint density at radius 2 is 1.09 bits per heavy atom. The first-order valence-electron chi connectivity index (χ1n) is 10.7. The standard InChI is InChI=1S/C26H28.H4O5P2/c1-25(2,3)17-14-15-19(23(16-17)26(4,5)6)22-13-9-12-21-18-10-7-8-11-20(18)24(21)22;1-6(2)5-7(3)4/h7-16H,1-6H3;1-4H. The molecule has 176 valence electrons. The van der Waals surface area contributed by atoms with Crippen LogP contribution < -0.4 is 0 Å². The van der Waals surface area contributed by atoms with E-state index in [-0.39, 0.29) is 10.8 Å². The highest BCUT2D eigenvalue weighted by Crippen LogP contribution is 2.52. The van der Waals surface area contributed by atoms with Crippen molar-refractivity contribution in [1.82, 2.24) is 0 Å². The van der Waals surface area contributed by atoms with E-state index in [1.807, 2.05) is 0 Å². The molecule has 5 nitrogen and oxygen atoms in total. The zero-order chi connectivity index (χ0) is 24.6. The van der Waals surface area contributed by atoms with Crippen LogP contribution in [0.4, 0.5) is 0 Å². The molecule has 0 bridgehead atoms. The van der Waals surface area contributed by atoms with Gasteiger partial charge in [0.2, 0.25) is 0 Å². The molecule has 1 aliphatic rings. The maximum atomic E-state index is 7.82. The molecule has 0 spiro atoms. The zero-order valence-electron chi connectivity index (χ0n) is 19.9. The second kappa shape index (κ2) is 9.90. The van der Waals surface area contributed by atoms with Crippen molar-refractivity contribution in [3.8, 4) is 33.4 Å². The van der Waals surface area contributed by atoms with Gasteiger partial charge >= 0.3 is 17.2 Å². The van der Waals surface area contributed by atoms with Crippen molar-refractivity contribution in [2.45, 2.75) is 52.4 Å². The fraction of sp³-hybridized carbons (Fsp3) is 0.308. The Balaban J connectivity index is 0.000000383. The highest BCUT2D eigenvalue weighted by molar-refractivity contribution is 7.53. The van der Waals surface area contributed by atoms with Crippen LogP contribution in [0.15, 0.2) is 60.7 Å². The monoisotopic (exact) mass is 486 g/mol. The minimum Gasteiger partial charge on any atom is -0.328 e. The fourth-order valence-electron chi connectivity index (χ4n) is 4.10. The van der Waals surface area contributed by atoms with Gasteiger partial charge in [0.15, 0.2) is 0 Å². The van der Waals surface area contributed by atoms with Crippen molar-refractivity contribution >= 4 is 17.2 Å². The van der Waals surface area contributed by atoms with Gasteiger partial charge in [-0.15, -0.1) is 0 Å². The molecule has 0 fully saturated rings. The molecule has 4 rings (SSSR count). The summed E-state index contributed by atoms with van der Waals surface area (Å²) in [5.74, 6) is 0. The van der Waals surface area contributed by atoms with Crippen LogP contribution in [-0.4, -0.2) is 19.6 Å². The lowest BCUT2D eigenvalue weighted by atomic mass is 9.72. The molecule has 0 atom stereocenters. The summed E-state index contributed by atoms with van der Waals surface area (Å²) in [5, 5.41) is 0. The van der Waals surface area contributed by atoms with E-state index in [9.17, 15) is 0 Å². The average Bonchev–Trinajstić information content (AvgIpc) is 2.69. The predicted octanol–water partition coefficient (Wildman–Crippen LogP) is 7.02. The van der Waals surface area contributed by atoms with Crippen molar-refractivity contribution in [1.29, 1.82) is 0 Å². The van der Waals surface area contributed by atoms with E-state index in [0.717, 1.165) is 0 Å². The molecule has 0 unspecified atom stereocenters. The van der Waals surface area contributed by atoms with E-state index in [0.29, 0.717) is 0 Å². The molecule has 0 aromatic heterocycles. The van der Waals surface area contributed by atoms with E-state index in [1.54, 1.807) is 0 Å². The first-order valence-corrected chi connectivity index (χ1v) is 13.1. The van der Waals surface area contributed by atoms with Gasteiger partial charge in [0, 0.05) is 0 Å². The quantitative estimate of drug-likeness (QED) is 0.234. The summed E-state index contributed by atoms with van der Waals surface area (Å²) in [7, 11) is -5.22. The minimum atomic E-state index is -2.61. The topological polar surface area (TPSA) is 90.2 Å². The van der Waals surface area contributed by atoms with Gasteiger partial charge in [0.05, 0.1) is 0 Å². The van der Waals surface area contributed by atoms with E-state index >= 15 is 0 Å². The van der Waals surface area contributed by atoms with Gasteiger partial charge in [-0.05, 0) is 55.3 Å². The van der Waals surface area contributed by atoms with Gasteiger partial charge in [-0.1, -0.05) is 102 Å². The second-order valence-electron chi connectivity index (χ2n) is 10.1. The molecule has 7 heteroatoms. The third-order valence-corrected chi connectivity index (χ3v) is 6.85. The lowest BCUT2D eigenvalue weighted by Crippen LogP contribution is -2.17. The van der Waals surface area contributed by atoms with Crippen LogP contribution in [0.2, 0.25) is 0 Å². The van der Waals surface area contributed by atoms with Crippen LogP contribution in [0.3, 0.4) is 0 Å². The molecule has 0 heterocycles. The maximum Gasteiger partial charge on any atom is 0.334 e. The Kier molecular flexibility index (Phi) is 7.78. The van der Waals surface area contributed by atoms with E-state index in [2.05, 4.69) is 107 Å². The van der Waals surface area contributed by atoms with E-state index < -0.39 is 17.2 Å². The highest BCUT2D eigenvalue weighted by Gasteiger charge is 2.28. The van der Waals surface area contributed by atoms with Crippen LogP contribution in [0.1, 0.15) is 52.7 Å². The molecule has 33 heavy (non-hydrogen) atoms. The molecule has 4 N–H and O–H groups in total. The number of hydrogen-bond donors (Lipinski definition) is 4. The summed E-state index contributed by atoms with van der Waals surface area (Å²) in [6.07, 6.45) is 0. The Morgan fingerprint density at radius 1 is 0.576 bits per heavy atom. The molecule has 3 aromatic rings. The van der Waals surface area contributed by atoms with Crippen LogP contribution in [0.25, 0.3) is 33.4 Å². The smallest absolute Gasteiger partial charge is 0.328 e. The van der Waals surface area contributed by atoms with E-state index in [1.165, 1.54) is 44.5 Å². The van der Waals surface area contributed by atoms with Crippen molar-refractivity contribution in [3.63, 3.8) is 0 Å². The molecule has 0 saturated heterocycles. The van der Waals surface area contributed by atoms with Gasteiger partial charge in [0.25, 0.3) is 0 Å². The SMILES string of the molecule is CC(C)(C)c1ccc(-c2cccc3c2-c2ccccc2-3)c(C(C)(C)C)c1.OP(O)OP(O)O. The second-order valence-corrected chi connectivity index (χ2v) is 11.8. The predicted molar refractivity (Wildman–Crippen MR) is 138 cm³/mol. The number of hydrogen-bond acceptors (Lipinski definition) is 5. The van der Waals surface area contributed by atoms with Crippen molar-refractivity contribution in [2.75, 3.05) is 0 Å². The number of fused-ring (bicyclic) bond motifs is 4. The molecular formula is C26H32O5P2.